The van der Waals surface area contributed by atoms with Gasteiger partial charge >= 0.3 is 35.5 Å². The Morgan fingerprint density at radius 3 is 1.52 bits per heavy atom. The van der Waals surface area contributed by atoms with Gasteiger partial charge in [0.05, 0.1) is 0 Å². The second-order valence-electron chi connectivity index (χ2n) is 5.39. The third-order valence-corrected chi connectivity index (χ3v) is 3.54. The lowest BCUT2D eigenvalue weighted by atomic mass is 9.88. The van der Waals surface area contributed by atoms with E-state index < -0.39 is 54.2 Å². The SMILES string of the molecule is CC(F)C(F)(F)C(F)(F)C(F)(F)C(F)(F)C(F)(F)C(F)(F)c1[c]cccc1. The molecule has 0 spiro atoms. The van der Waals surface area contributed by atoms with E-state index in [0.29, 0.717) is 12.1 Å². The second kappa shape index (κ2) is 6.43. The predicted molar refractivity (Wildman–Crippen MR) is 64.5 cm³/mol. The van der Waals surface area contributed by atoms with Gasteiger partial charge in [-0.2, -0.15) is 52.7 Å². The highest BCUT2D eigenvalue weighted by atomic mass is 19.4. The first-order valence-corrected chi connectivity index (χ1v) is 6.68. The molecule has 27 heavy (non-hydrogen) atoms. The van der Waals surface area contributed by atoms with Gasteiger partial charge in [-0.1, -0.05) is 24.3 Å². The summed E-state index contributed by atoms with van der Waals surface area (Å²) < 4.78 is 173. The predicted octanol–water partition coefficient (Wildman–Crippen LogP) is 6.11. The standard InChI is InChI=1S/C14H8F13/c1-7(15)9(16,17)11(20,21)13(24,25)14(26,27)12(22,23)10(18,19)8-5-3-2-4-6-8/h2-5,7H,1H3. The highest BCUT2D eigenvalue weighted by Gasteiger charge is 2.90. The summed E-state index contributed by atoms with van der Waals surface area (Å²) in [5.74, 6) is -43.0. The molecule has 0 nitrogen and oxygen atoms in total. The lowest BCUT2D eigenvalue weighted by Gasteiger charge is -2.41. The topological polar surface area (TPSA) is 0 Å². The van der Waals surface area contributed by atoms with Gasteiger partial charge in [-0.3, -0.25) is 0 Å². The van der Waals surface area contributed by atoms with E-state index in [-0.39, 0.29) is 6.07 Å². The number of halogens is 13. The van der Waals surface area contributed by atoms with Gasteiger partial charge in [0, 0.05) is 5.56 Å². The van der Waals surface area contributed by atoms with E-state index in [4.69, 9.17) is 0 Å². The Kier molecular flexibility index (Phi) is 5.56. The van der Waals surface area contributed by atoms with E-state index in [0.717, 1.165) is 6.07 Å². The Balaban J connectivity index is 3.58. The minimum atomic E-state index is -7.77. The molecule has 0 aliphatic heterocycles. The van der Waals surface area contributed by atoms with E-state index in [9.17, 15) is 57.1 Å². The molecule has 1 radical (unpaired) electrons. The maximum absolute atomic E-state index is 13.7. The molecule has 1 atom stereocenters. The quantitative estimate of drug-likeness (QED) is 0.464. The molecular weight excluding hydrogens is 415 g/mol. The minimum absolute atomic E-state index is 0.0402. The monoisotopic (exact) mass is 423 g/mol. The van der Waals surface area contributed by atoms with E-state index in [2.05, 4.69) is 0 Å². The molecule has 0 saturated carbocycles. The third kappa shape index (κ3) is 3.02. The summed E-state index contributed by atoms with van der Waals surface area (Å²) in [7, 11) is 0. The largest absolute Gasteiger partial charge is 0.385 e. The zero-order valence-corrected chi connectivity index (χ0v) is 12.8. The van der Waals surface area contributed by atoms with Crippen molar-refractivity contribution in [2.75, 3.05) is 0 Å². The Morgan fingerprint density at radius 2 is 1.15 bits per heavy atom. The van der Waals surface area contributed by atoms with Crippen LogP contribution in [0.3, 0.4) is 0 Å². The summed E-state index contributed by atoms with van der Waals surface area (Å²) in [4.78, 5) is 0. The highest BCUT2D eigenvalue weighted by molar-refractivity contribution is 5.24. The van der Waals surface area contributed by atoms with Crippen molar-refractivity contribution in [1.29, 1.82) is 0 Å². The van der Waals surface area contributed by atoms with Gasteiger partial charge in [-0.15, -0.1) is 0 Å². The number of benzene rings is 1. The molecular formula is C14H8F13. The fraction of sp³-hybridized carbons (Fsp3) is 0.571. The smallest absolute Gasteiger partial charge is 0.241 e. The summed E-state index contributed by atoms with van der Waals surface area (Å²) in [6, 6.07) is 3.32. The van der Waals surface area contributed by atoms with Gasteiger partial charge in [-0.25, -0.2) is 4.39 Å². The number of alkyl halides is 13. The molecule has 155 valence electrons. The van der Waals surface area contributed by atoms with Crippen LogP contribution in [0.5, 0.6) is 0 Å². The molecule has 0 aliphatic rings. The zero-order chi connectivity index (χ0) is 21.7. The highest BCUT2D eigenvalue weighted by Crippen LogP contribution is 2.62. The van der Waals surface area contributed by atoms with E-state index in [1.54, 1.807) is 0 Å². The lowest BCUT2D eigenvalue weighted by molar-refractivity contribution is -0.430. The molecule has 13 heteroatoms. The summed E-state index contributed by atoms with van der Waals surface area (Å²) in [5.41, 5.74) is -2.10. The van der Waals surface area contributed by atoms with Crippen LogP contribution in [-0.2, 0) is 5.92 Å². The molecule has 1 aromatic carbocycles. The average molecular weight is 423 g/mol. The molecule has 0 fully saturated rings. The van der Waals surface area contributed by atoms with Crippen LogP contribution in [0, 0.1) is 6.07 Å². The van der Waals surface area contributed by atoms with Crippen LogP contribution in [0.15, 0.2) is 24.3 Å². The number of rotatable bonds is 7. The van der Waals surface area contributed by atoms with Gasteiger partial charge in [0.25, 0.3) is 0 Å². The molecule has 1 aromatic rings. The van der Waals surface area contributed by atoms with Crippen molar-refractivity contribution < 1.29 is 57.1 Å². The normalized spacial score (nSPS) is 16.4. The van der Waals surface area contributed by atoms with Crippen molar-refractivity contribution in [2.45, 2.75) is 48.6 Å². The Morgan fingerprint density at radius 1 is 0.704 bits per heavy atom. The van der Waals surface area contributed by atoms with Crippen LogP contribution in [0.4, 0.5) is 57.1 Å². The second-order valence-corrected chi connectivity index (χ2v) is 5.39. The van der Waals surface area contributed by atoms with Crippen molar-refractivity contribution in [1.82, 2.24) is 0 Å². The van der Waals surface area contributed by atoms with Gasteiger partial charge in [0.15, 0.2) is 6.17 Å². The first kappa shape index (κ1) is 23.3. The van der Waals surface area contributed by atoms with Gasteiger partial charge in [0.1, 0.15) is 0 Å². The summed E-state index contributed by atoms with van der Waals surface area (Å²) in [5, 5.41) is 0. The fourth-order valence-corrected chi connectivity index (χ4v) is 1.81. The molecule has 0 amide bonds. The van der Waals surface area contributed by atoms with Crippen LogP contribution in [0.1, 0.15) is 12.5 Å². The van der Waals surface area contributed by atoms with E-state index in [1.807, 2.05) is 0 Å². The molecule has 0 bridgehead atoms. The molecule has 1 rings (SSSR count). The van der Waals surface area contributed by atoms with Crippen LogP contribution in [-0.4, -0.2) is 35.8 Å². The summed E-state index contributed by atoms with van der Waals surface area (Å²) >= 11 is 0. The maximum Gasteiger partial charge on any atom is 0.385 e. The molecule has 0 saturated heterocycles. The van der Waals surface area contributed by atoms with Crippen molar-refractivity contribution in [3.63, 3.8) is 0 Å². The number of hydrogen-bond acceptors (Lipinski definition) is 0. The molecule has 0 aliphatic carbocycles. The van der Waals surface area contributed by atoms with Crippen LogP contribution in [0.2, 0.25) is 0 Å². The lowest BCUT2D eigenvalue weighted by Crippen LogP contribution is -2.71. The van der Waals surface area contributed by atoms with E-state index >= 15 is 0 Å². The van der Waals surface area contributed by atoms with Crippen LogP contribution in [0.25, 0.3) is 0 Å². The van der Waals surface area contributed by atoms with Crippen LogP contribution < -0.4 is 0 Å². The minimum Gasteiger partial charge on any atom is -0.241 e. The van der Waals surface area contributed by atoms with Crippen molar-refractivity contribution in [3.05, 3.63) is 35.9 Å². The fourth-order valence-electron chi connectivity index (χ4n) is 1.81. The van der Waals surface area contributed by atoms with Crippen LogP contribution >= 0.6 is 0 Å². The first-order chi connectivity index (χ1) is 11.8. The van der Waals surface area contributed by atoms with Crippen molar-refractivity contribution >= 4 is 0 Å². The summed E-state index contributed by atoms with van der Waals surface area (Å²) in [6.07, 6.45) is -4.20. The molecule has 1 unspecified atom stereocenters. The Bertz CT molecular complexity index is 648. The number of hydrogen-bond donors (Lipinski definition) is 0. The van der Waals surface area contributed by atoms with E-state index in [1.165, 1.54) is 6.07 Å². The van der Waals surface area contributed by atoms with Gasteiger partial charge < -0.3 is 0 Å². The molecule has 0 heterocycles. The van der Waals surface area contributed by atoms with Crippen molar-refractivity contribution in [2.24, 2.45) is 0 Å². The Labute approximate surface area is 143 Å². The Hall–Kier alpha value is -1.69. The first-order valence-electron chi connectivity index (χ1n) is 6.68. The zero-order valence-electron chi connectivity index (χ0n) is 12.8. The average Bonchev–Trinajstić information content (AvgIpc) is 2.54. The van der Waals surface area contributed by atoms with Crippen molar-refractivity contribution in [3.8, 4) is 0 Å². The molecule has 0 N–H and O–H groups in total. The maximum atomic E-state index is 13.7. The molecule has 0 aromatic heterocycles. The van der Waals surface area contributed by atoms with Gasteiger partial charge in [-0.05, 0) is 13.0 Å². The summed E-state index contributed by atoms with van der Waals surface area (Å²) in [6.45, 7) is -0.437. The third-order valence-electron chi connectivity index (χ3n) is 3.54. The van der Waals surface area contributed by atoms with Gasteiger partial charge in [0.2, 0.25) is 0 Å².